The fraction of sp³-hybridized carbons (Fsp3) is 0.750. The van der Waals surface area contributed by atoms with Crippen molar-refractivity contribution in [1.82, 2.24) is 0 Å². The first-order valence-electron chi connectivity index (χ1n) is 5.65. The number of hydrogen-bond donors (Lipinski definition) is 1. The number of ether oxygens (including phenoxy) is 1. The second kappa shape index (κ2) is 4.69. The Labute approximate surface area is 91.1 Å². The molecule has 1 aliphatic rings. The quantitative estimate of drug-likeness (QED) is 0.562. The van der Waals surface area contributed by atoms with E-state index in [2.05, 4.69) is 6.92 Å². The van der Waals surface area contributed by atoms with Gasteiger partial charge < -0.3 is 9.84 Å². The lowest BCUT2D eigenvalue weighted by atomic mass is 9.95. The minimum Gasteiger partial charge on any atom is -0.507 e. The van der Waals surface area contributed by atoms with Crippen molar-refractivity contribution < 1.29 is 14.6 Å². The summed E-state index contributed by atoms with van der Waals surface area (Å²) in [6.07, 6.45) is 5.18. The summed E-state index contributed by atoms with van der Waals surface area (Å²) in [6, 6.07) is 0. The first-order chi connectivity index (χ1) is 7.01. The predicted octanol–water partition coefficient (Wildman–Crippen LogP) is 3.10. The molecule has 0 fully saturated rings. The third-order valence-electron chi connectivity index (χ3n) is 2.99. The molecule has 0 bridgehead atoms. The summed E-state index contributed by atoms with van der Waals surface area (Å²) in [6.45, 7) is 5.54. The summed E-state index contributed by atoms with van der Waals surface area (Å²) in [5.41, 5.74) is -0.414. The van der Waals surface area contributed by atoms with Crippen molar-refractivity contribution in [3.63, 3.8) is 0 Å². The molecule has 1 heterocycles. The van der Waals surface area contributed by atoms with Crippen LogP contribution in [0, 0.1) is 0 Å². The maximum atomic E-state index is 11.2. The summed E-state index contributed by atoms with van der Waals surface area (Å²) in [5.74, 6) is -0.269. The van der Waals surface area contributed by atoms with Gasteiger partial charge in [0.2, 0.25) is 0 Å². The zero-order valence-electron chi connectivity index (χ0n) is 9.80. The van der Waals surface area contributed by atoms with E-state index in [0.717, 1.165) is 12.8 Å². The van der Waals surface area contributed by atoms with Crippen LogP contribution in [0.25, 0.3) is 0 Å². The van der Waals surface area contributed by atoms with Crippen LogP contribution in [0.5, 0.6) is 0 Å². The molecular formula is C12H20O3. The van der Waals surface area contributed by atoms with Crippen LogP contribution in [0.15, 0.2) is 11.3 Å². The van der Waals surface area contributed by atoms with E-state index in [-0.39, 0.29) is 11.7 Å². The van der Waals surface area contributed by atoms with Gasteiger partial charge in [-0.3, -0.25) is 0 Å². The van der Waals surface area contributed by atoms with Gasteiger partial charge in [-0.25, -0.2) is 4.79 Å². The molecule has 86 valence electrons. The molecule has 3 nitrogen and oxygen atoms in total. The fourth-order valence-electron chi connectivity index (χ4n) is 1.88. The Kier molecular flexibility index (Phi) is 3.77. The van der Waals surface area contributed by atoms with E-state index in [4.69, 9.17) is 4.74 Å². The smallest absolute Gasteiger partial charge is 0.338 e. The van der Waals surface area contributed by atoms with Gasteiger partial charge in [0.1, 0.15) is 5.76 Å². The van der Waals surface area contributed by atoms with E-state index >= 15 is 0 Å². The molecule has 0 saturated heterocycles. The van der Waals surface area contributed by atoms with Crippen LogP contribution in [0.4, 0.5) is 0 Å². The molecule has 1 aliphatic heterocycles. The van der Waals surface area contributed by atoms with Gasteiger partial charge in [-0.1, -0.05) is 26.2 Å². The Morgan fingerprint density at radius 2 is 2.00 bits per heavy atom. The molecule has 15 heavy (non-hydrogen) atoms. The van der Waals surface area contributed by atoms with E-state index < -0.39 is 5.60 Å². The lowest BCUT2D eigenvalue weighted by molar-refractivity contribution is -0.147. The Hall–Kier alpha value is -0.990. The molecule has 3 heteroatoms. The first-order valence-corrected chi connectivity index (χ1v) is 5.65. The van der Waals surface area contributed by atoms with Gasteiger partial charge in [-0.05, 0) is 26.7 Å². The maximum Gasteiger partial charge on any atom is 0.338 e. The van der Waals surface area contributed by atoms with Gasteiger partial charge in [-0.15, -0.1) is 0 Å². The molecule has 0 amide bonds. The van der Waals surface area contributed by atoms with Gasteiger partial charge >= 0.3 is 5.97 Å². The van der Waals surface area contributed by atoms with E-state index in [0.29, 0.717) is 12.0 Å². The number of rotatable bonds is 5. The number of carbonyl (C=O) groups is 1. The Morgan fingerprint density at radius 3 is 2.47 bits per heavy atom. The molecular weight excluding hydrogens is 192 g/mol. The number of aliphatic hydroxyl groups is 1. The summed E-state index contributed by atoms with van der Waals surface area (Å²) in [5, 5.41) is 9.78. The third kappa shape index (κ3) is 2.52. The molecule has 1 unspecified atom stereocenters. The molecule has 0 spiro atoms. The van der Waals surface area contributed by atoms with E-state index in [1.165, 1.54) is 12.8 Å². The normalized spacial score (nSPS) is 25.9. The van der Waals surface area contributed by atoms with Crippen molar-refractivity contribution in [3.05, 3.63) is 11.3 Å². The molecule has 0 aromatic rings. The van der Waals surface area contributed by atoms with Gasteiger partial charge in [0.05, 0.1) is 5.57 Å². The van der Waals surface area contributed by atoms with Gasteiger partial charge in [0, 0.05) is 0 Å². The molecule has 0 aromatic carbocycles. The predicted molar refractivity (Wildman–Crippen MR) is 58.6 cm³/mol. The average molecular weight is 212 g/mol. The van der Waals surface area contributed by atoms with Crippen molar-refractivity contribution in [3.8, 4) is 0 Å². The van der Waals surface area contributed by atoms with Crippen molar-refractivity contribution in [2.45, 2.75) is 58.5 Å². The van der Waals surface area contributed by atoms with Crippen molar-refractivity contribution in [2.24, 2.45) is 0 Å². The highest BCUT2D eigenvalue weighted by molar-refractivity contribution is 5.91. The largest absolute Gasteiger partial charge is 0.507 e. The van der Waals surface area contributed by atoms with Gasteiger partial charge in [0.15, 0.2) is 5.60 Å². The Morgan fingerprint density at radius 1 is 1.33 bits per heavy atom. The fourth-order valence-corrected chi connectivity index (χ4v) is 1.88. The van der Waals surface area contributed by atoms with Crippen molar-refractivity contribution in [2.75, 3.05) is 0 Å². The average Bonchev–Trinajstić information content (AvgIpc) is 2.39. The van der Waals surface area contributed by atoms with Crippen LogP contribution in [0.1, 0.15) is 52.9 Å². The highest BCUT2D eigenvalue weighted by Gasteiger charge is 2.41. The molecule has 1 N–H and O–H groups in total. The zero-order valence-corrected chi connectivity index (χ0v) is 9.80. The monoisotopic (exact) mass is 212 g/mol. The molecule has 1 atom stereocenters. The van der Waals surface area contributed by atoms with Crippen molar-refractivity contribution >= 4 is 5.97 Å². The van der Waals surface area contributed by atoms with E-state index in [1.807, 2.05) is 0 Å². The number of unbranched alkanes of at least 4 members (excludes halogenated alkanes) is 3. The number of aliphatic hydroxyl groups excluding tert-OH is 1. The number of cyclic esters (lactones) is 1. The number of hydrogen-bond acceptors (Lipinski definition) is 3. The zero-order chi connectivity index (χ0) is 11.5. The summed E-state index contributed by atoms with van der Waals surface area (Å²) in [4.78, 5) is 11.2. The molecule has 0 radical (unpaired) electrons. The van der Waals surface area contributed by atoms with Crippen LogP contribution in [0.2, 0.25) is 0 Å². The van der Waals surface area contributed by atoms with Crippen molar-refractivity contribution in [1.29, 1.82) is 0 Å². The first kappa shape index (κ1) is 12.1. The van der Waals surface area contributed by atoms with Crippen LogP contribution in [-0.4, -0.2) is 16.7 Å². The van der Waals surface area contributed by atoms with E-state index in [9.17, 15) is 9.90 Å². The molecule has 1 rings (SSSR count). The maximum absolute atomic E-state index is 11.2. The highest BCUT2D eigenvalue weighted by Crippen LogP contribution is 2.34. The van der Waals surface area contributed by atoms with Gasteiger partial charge in [0.25, 0.3) is 0 Å². The minimum atomic E-state index is -0.769. The Bertz CT molecular complexity index is 281. The topological polar surface area (TPSA) is 46.5 Å². The minimum absolute atomic E-state index is 0.115. The SMILES string of the molecule is CCCCCCC1(C)OC(=O)C(C)=C1O. The van der Waals surface area contributed by atoms with Crippen LogP contribution in [-0.2, 0) is 9.53 Å². The van der Waals surface area contributed by atoms with Crippen LogP contribution >= 0.6 is 0 Å². The second-order valence-corrected chi connectivity index (χ2v) is 4.40. The lowest BCUT2D eigenvalue weighted by Gasteiger charge is -2.23. The Balaban J connectivity index is 2.51. The highest BCUT2D eigenvalue weighted by atomic mass is 16.6. The summed E-state index contributed by atoms with van der Waals surface area (Å²) < 4.78 is 5.19. The number of esters is 1. The standard InChI is InChI=1S/C12H20O3/c1-4-5-6-7-8-12(3)10(13)9(2)11(14)15-12/h13H,4-8H2,1-3H3. The van der Waals surface area contributed by atoms with E-state index in [1.54, 1.807) is 13.8 Å². The summed E-state index contributed by atoms with van der Waals surface area (Å²) >= 11 is 0. The van der Waals surface area contributed by atoms with Gasteiger partial charge in [-0.2, -0.15) is 0 Å². The number of carbonyl (C=O) groups excluding carboxylic acids is 1. The molecule has 0 aromatic heterocycles. The lowest BCUT2D eigenvalue weighted by Crippen LogP contribution is -2.27. The van der Waals surface area contributed by atoms with Crippen LogP contribution < -0.4 is 0 Å². The van der Waals surface area contributed by atoms with Crippen LogP contribution in [0.3, 0.4) is 0 Å². The third-order valence-corrected chi connectivity index (χ3v) is 2.99. The second-order valence-electron chi connectivity index (χ2n) is 4.40. The summed E-state index contributed by atoms with van der Waals surface area (Å²) in [7, 11) is 0. The molecule has 0 saturated carbocycles. The molecule has 0 aliphatic carbocycles.